The number of hydrogen-bond donors (Lipinski definition) is 0. The first-order chi connectivity index (χ1) is 10.2. The van der Waals surface area contributed by atoms with Crippen LogP contribution in [0.15, 0.2) is 24.3 Å². The van der Waals surface area contributed by atoms with Gasteiger partial charge in [0.15, 0.2) is 0 Å². The molecule has 0 aromatic heterocycles. The first-order valence-electron chi connectivity index (χ1n) is 8.09. The van der Waals surface area contributed by atoms with Crippen molar-refractivity contribution in [3.63, 3.8) is 0 Å². The van der Waals surface area contributed by atoms with Crippen molar-refractivity contribution in [1.82, 2.24) is 0 Å². The van der Waals surface area contributed by atoms with Crippen molar-refractivity contribution < 1.29 is 13.9 Å². The smallest absolute Gasteiger partial charge is 0.129 e. The highest BCUT2D eigenvalue weighted by atomic mass is 19.1. The van der Waals surface area contributed by atoms with Crippen molar-refractivity contribution in [2.24, 2.45) is 5.92 Å². The summed E-state index contributed by atoms with van der Waals surface area (Å²) >= 11 is 0. The van der Waals surface area contributed by atoms with Crippen LogP contribution >= 0.6 is 0 Å². The topological polar surface area (TPSA) is 18.5 Å². The molecule has 1 aromatic carbocycles. The molecule has 21 heavy (non-hydrogen) atoms. The van der Waals surface area contributed by atoms with Crippen LogP contribution < -0.4 is 0 Å². The Morgan fingerprint density at radius 2 is 1.86 bits per heavy atom. The highest BCUT2D eigenvalue weighted by Gasteiger charge is 2.24. The maximum absolute atomic E-state index is 14.1. The lowest BCUT2D eigenvalue weighted by molar-refractivity contribution is -0.00469. The van der Waals surface area contributed by atoms with Crippen molar-refractivity contribution >= 4 is 0 Å². The molecule has 1 aromatic rings. The van der Waals surface area contributed by atoms with Crippen molar-refractivity contribution in [3.05, 3.63) is 35.6 Å². The molecule has 3 heteroatoms. The van der Waals surface area contributed by atoms with Gasteiger partial charge in [0.25, 0.3) is 0 Å². The fraction of sp³-hybridized carbons (Fsp3) is 0.667. The maximum atomic E-state index is 14.1. The Morgan fingerprint density at radius 1 is 1.10 bits per heavy atom. The van der Waals surface area contributed by atoms with E-state index < -0.39 is 0 Å². The molecule has 2 atom stereocenters. The lowest BCUT2D eigenvalue weighted by atomic mass is 9.88. The van der Waals surface area contributed by atoms with Crippen LogP contribution in [0.1, 0.15) is 57.6 Å². The SMILES string of the molecule is CCCCC(CC)C(OCCCOC)c1ccccc1F. The number of halogens is 1. The Labute approximate surface area is 128 Å². The number of rotatable bonds is 11. The van der Waals surface area contributed by atoms with Gasteiger partial charge in [0, 0.05) is 25.9 Å². The molecule has 2 nitrogen and oxygen atoms in total. The molecule has 0 aliphatic carbocycles. The zero-order valence-corrected chi connectivity index (χ0v) is 13.6. The van der Waals surface area contributed by atoms with Crippen molar-refractivity contribution in [3.8, 4) is 0 Å². The van der Waals surface area contributed by atoms with Gasteiger partial charge < -0.3 is 9.47 Å². The van der Waals surface area contributed by atoms with E-state index in [4.69, 9.17) is 9.47 Å². The molecule has 120 valence electrons. The fourth-order valence-corrected chi connectivity index (χ4v) is 2.64. The Kier molecular flexibility index (Phi) is 9.27. The monoisotopic (exact) mass is 296 g/mol. The summed E-state index contributed by atoms with van der Waals surface area (Å²) in [6.45, 7) is 5.63. The number of unbranched alkanes of at least 4 members (excludes halogenated alkanes) is 1. The average molecular weight is 296 g/mol. The highest BCUT2D eigenvalue weighted by molar-refractivity contribution is 5.20. The molecule has 0 bridgehead atoms. The second-order valence-electron chi connectivity index (χ2n) is 5.47. The summed E-state index contributed by atoms with van der Waals surface area (Å²) in [6, 6.07) is 6.99. The Hall–Kier alpha value is -0.930. The summed E-state index contributed by atoms with van der Waals surface area (Å²) in [6.07, 6.45) is 5.08. The Balaban J connectivity index is 2.80. The summed E-state index contributed by atoms with van der Waals surface area (Å²) < 4.78 is 25.2. The van der Waals surface area contributed by atoms with Crippen LogP contribution in [0.3, 0.4) is 0 Å². The number of hydrogen-bond acceptors (Lipinski definition) is 2. The zero-order chi connectivity index (χ0) is 15.5. The zero-order valence-electron chi connectivity index (χ0n) is 13.6. The number of ether oxygens (including phenoxy) is 2. The summed E-state index contributed by atoms with van der Waals surface area (Å²) in [7, 11) is 1.68. The maximum Gasteiger partial charge on any atom is 0.129 e. The summed E-state index contributed by atoms with van der Waals surface area (Å²) in [4.78, 5) is 0. The van der Waals surface area contributed by atoms with Crippen molar-refractivity contribution in [2.75, 3.05) is 20.3 Å². The lowest BCUT2D eigenvalue weighted by Gasteiger charge is -2.27. The van der Waals surface area contributed by atoms with Crippen molar-refractivity contribution in [2.45, 2.75) is 52.1 Å². The summed E-state index contributed by atoms with van der Waals surface area (Å²) in [5.74, 6) is 0.202. The molecule has 0 radical (unpaired) electrons. The molecular formula is C18H29FO2. The van der Waals surface area contributed by atoms with Gasteiger partial charge >= 0.3 is 0 Å². The van der Waals surface area contributed by atoms with Gasteiger partial charge in [0.1, 0.15) is 5.82 Å². The predicted octanol–water partition coefficient (Wildman–Crippen LogP) is 5.14. The second-order valence-corrected chi connectivity index (χ2v) is 5.47. The molecule has 0 aliphatic heterocycles. The van der Waals surface area contributed by atoms with E-state index in [2.05, 4.69) is 13.8 Å². The molecule has 0 fully saturated rings. The summed E-state index contributed by atoms with van der Waals surface area (Å²) in [5.41, 5.74) is 0.692. The van der Waals surface area contributed by atoms with Crippen LogP contribution in [-0.2, 0) is 9.47 Å². The molecule has 2 unspecified atom stereocenters. The van der Waals surface area contributed by atoms with Crippen LogP contribution in [0, 0.1) is 11.7 Å². The minimum absolute atomic E-state index is 0.153. The molecule has 0 heterocycles. The Bertz CT molecular complexity index is 381. The van der Waals surface area contributed by atoms with Crippen LogP contribution in [0.25, 0.3) is 0 Å². The van der Waals surface area contributed by atoms with Gasteiger partial charge in [-0.05, 0) is 24.8 Å². The third-order valence-corrected chi connectivity index (χ3v) is 3.88. The normalized spacial score (nSPS) is 14.1. The molecule has 0 N–H and O–H groups in total. The van der Waals surface area contributed by atoms with E-state index in [1.165, 1.54) is 6.07 Å². The van der Waals surface area contributed by atoms with Gasteiger partial charge in [-0.2, -0.15) is 0 Å². The molecule has 0 saturated heterocycles. The van der Waals surface area contributed by atoms with Gasteiger partial charge in [0.05, 0.1) is 6.10 Å². The molecule has 0 spiro atoms. The van der Waals surface area contributed by atoms with Gasteiger partial charge in [-0.15, -0.1) is 0 Å². The first-order valence-corrected chi connectivity index (χ1v) is 8.09. The average Bonchev–Trinajstić information content (AvgIpc) is 2.50. The molecule has 1 rings (SSSR count). The van der Waals surface area contributed by atoms with E-state index in [1.807, 2.05) is 12.1 Å². The van der Waals surface area contributed by atoms with E-state index in [1.54, 1.807) is 13.2 Å². The first kappa shape index (κ1) is 18.1. The largest absolute Gasteiger partial charge is 0.385 e. The van der Waals surface area contributed by atoms with Crippen molar-refractivity contribution in [1.29, 1.82) is 0 Å². The fourth-order valence-electron chi connectivity index (χ4n) is 2.64. The highest BCUT2D eigenvalue weighted by Crippen LogP contribution is 2.33. The second kappa shape index (κ2) is 10.7. The van der Waals surface area contributed by atoms with E-state index in [0.717, 1.165) is 32.1 Å². The minimum atomic E-state index is -0.163. The van der Waals surface area contributed by atoms with Gasteiger partial charge in [-0.25, -0.2) is 4.39 Å². The third-order valence-electron chi connectivity index (χ3n) is 3.88. The quantitative estimate of drug-likeness (QED) is 0.527. The Morgan fingerprint density at radius 3 is 2.48 bits per heavy atom. The van der Waals surface area contributed by atoms with E-state index in [9.17, 15) is 4.39 Å². The molecule has 0 saturated carbocycles. The number of methoxy groups -OCH3 is 1. The van der Waals surface area contributed by atoms with E-state index in [0.29, 0.717) is 24.7 Å². The lowest BCUT2D eigenvalue weighted by Crippen LogP contribution is -2.18. The molecule has 0 aliphatic rings. The van der Waals surface area contributed by atoms with Gasteiger partial charge in [-0.1, -0.05) is 51.3 Å². The van der Waals surface area contributed by atoms with Gasteiger partial charge in [-0.3, -0.25) is 0 Å². The summed E-state index contributed by atoms with van der Waals surface area (Å²) in [5, 5.41) is 0. The van der Waals surface area contributed by atoms with E-state index in [-0.39, 0.29) is 11.9 Å². The van der Waals surface area contributed by atoms with Crippen LogP contribution in [0.2, 0.25) is 0 Å². The van der Waals surface area contributed by atoms with Crippen LogP contribution in [-0.4, -0.2) is 20.3 Å². The molecular weight excluding hydrogens is 267 g/mol. The predicted molar refractivity (Wildman–Crippen MR) is 84.9 cm³/mol. The third kappa shape index (κ3) is 6.15. The molecule has 0 amide bonds. The van der Waals surface area contributed by atoms with Gasteiger partial charge in [0.2, 0.25) is 0 Å². The van der Waals surface area contributed by atoms with Crippen LogP contribution in [0.4, 0.5) is 4.39 Å². The van der Waals surface area contributed by atoms with Crippen LogP contribution in [0.5, 0.6) is 0 Å². The minimum Gasteiger partial charge on any atom is -0.385 e. The van der Waals surface area contributed by atoms with E-state index >= 15 is 0 Å². The number of benzene rings is 1. The standard InChI is InChI=1S/C18H29FO2/c1-4-6-10-15(5-2)18(21-14-9-13-20-3)16-11-7-8-12-17(16)19/h7-8,11-12,15,18H,4-6,9-10,13-14H2,1-3H3.